The molecule has 0 bridgehead atoms. The molecule has 66 valence electrons. The Kier molecular flexibility index (Phi) is 1.59. The zero-order valence-corrected chi connectivity index (χ0v) is 7.13. The number of carboxylic acid groups (broad SMARTS) is 1. The minimum absolute atomic E-state index is 0.247. The zero-order chi connectivity index (χ0) is 9.42. The lowest BCUT2D eigenvalue weighted by molar-refractivity contribution is -0.254. The van der Waals surface area contributed by atoms with Crippen molar-refractivity contribution in [2.45, 2.75) is 6.92 Å². The van der Waals surface area contributed by atoms with Gasteiger partial charge in [0.2, 0.25) is 0 Å². The molecule has 0 aliphatic rings. The highest BCUT2D eigenvalue weighted by Gasteiger charge is 2.04. The normalized spacial score (nSPS) is 10.5. The molecular formula is C10H8NO2-. The van der Waals surface area contributed by atoms with Gasteiger partial charge in [-0.2, -0.15) is 0 Å². The summed E-state index contributed by atoms with van der Waals surface area (Å²) in [6.45, 7) is 1.87. The van der Waals surface area contributed by atoms with Crippen molar-refractivity contribution in [3.05, 3.63) is 35.5 Å². The van der Waals surface area contributed by atoms with Crippen LogP contribution in [0.4, 0.5) is 0 Å². The summed E-state index contributed by atoms with van der Waals surface area (Å²) in [6, 6.07) is 5.09. The Morgan fingerprint density at radius 1 is 1.46 bits per heavy atom. The van der Waals surface area contributed by atoms with Crippen LogP contribution in [0.1, 0.15) is 15.9 Å². The van der Waals surface area contributed by atoms with Crippen LogP contribution in [0, 0.1) is 6.92 Å². The van der Waals surface area contributed by atoms with E-state index in [2.05, 4.69) is 4.98 Å². The molecule has 0 amide bonds. The number of H-pyrrole nitrogens is 1. The minimum atomic E-state index is -1.13. The summed E-state index contributed by atoms with van der Waals surface area (Å²) < 4.78 is 0. The van der Waals surface area contributed by atoms with Crippen LogP contribution < -0.4 is 5.11 Å². The number of benzene rings is 1. The van der Waals surface area contributed by atoms with E-state index < -0.39 is 5.97 Å². The van der Waals surface area contributed by atoms with E-state index in [-0.39, 0.29) is 5.56 Å². The van der Waals surface area contributed by atoms with E-state index >= 15 is 0 Å². The summed E-state index contributed by atoms with van der Waals surface area (Å²) in [5.74, 6) is -1.13. The van der Waals surface area contributed by atoms with E-state index in [1.54, 1.807) is 18.3 Å². The quantitative estimate of drug-likeness (QED) is 0.696. The number of fused-ring (bicyclic) bond motifs is 1. The third-order valence-electron chi connectivity index (χ3n) is 2.12. The fourth-order valence-corrected chi connectivity index (χ4v) is 1.53. The van der Waals surface area contributed by atoms with Gasteiger partial charge in [-0.1, -0.05) is 12.1 Å². The maximum atomic E-state index is 10.7. The molecule has 3 heteroatoms. The summed E-state index contributed by atoms with van der Waals surface area (Å²) in [7, 11) is 0. The molecule has 2 aromatic rings. The molecule has 0 spiro atoms. The third-order valence-corrected chi connectivity index (χ3v) is 2.12. The molecule has 3 nitrogen and oxygen atoms in total. The molecule has 0 aliphatic heterocycles. The van der Waals surface area contributed by atoms with Gasteiger partial charge in [0.25, 0.3) is 0 Å². The summed E-state index contributed by atoms with van der Waals surface area (Å²) >= 11 is 0. The monoisotopic (exact) mass is 174 g/mol. The molecule has 1 aromatic carbocycles. The van der Waals surface area contributed by atoms with Gasteiger partial charge in [0.05, 0.1) is 5.97 Å². The molecule has 1 heterocycles. The fourth-order valence-electron chi connectivity index (χ4n) is 1.53. The van der Waals surface area contributed by atoms with Crippen molar-refractivity contribution in [3.8, 4) is 0 Å². The lowest BCUT2D eigenvalue weighted by atomic mass is 10.1. The molecule has 2 rings (SSSR count). The average Bonchev–Trinajstić information content (AvgIpc) is 2.48. The number of aromatic amines is 1. The van der Waals surface area contributed by atoms with Crippen LogP contribution in [0.3, 0.4) is 0 Å². The van der Waals surface area contributed by atoms with Crippen LogP contribution in [0.25, 0.3) is 10.9 Å². The Bertz CT molecular complexity index is 471. The van der Waals surface area contributed by atoms with Crippen LogP contribution in [0.2, 0.25) is 0 Å². The Morgan fingerprint density at radius 3 is 2.92 bits per heavy atom. The molecule has 13 heavy (non-hydrogen) atoms. The van der Waals surface area contributed by atoms with Crippen molar-refractivity contribution in [1.82, 2.24) is 4.98 Å². The number of carboxylic acids is 1. The summed E-state index contributed by atoms with van der Waals surface area (Å²) in [6.07, 6.45) is 1.79. The van der Waals surface area contributed by atoms with Gasteiger partial charge in [0, 0.05) is 22.7 Å². The highest BCUT2D eigenvalue weighted by atomic mass is 16.4. The van der Waals surface area contributed by atoms with Gasteiger partial charge in [-0.15, -0.1) is 0 Å². The Balaban J connectivity index is 2.88. The molecule has 1 N–H and O–H groups in total. The number of nitrogens with one attached hydrogen (secondary N) is 1. The predicted molar refractivity (Wildman–Crippen MR) is 47.4 cm³/mol. The van der Waals surface area contributed by atoms with Crippen molar-refractivity contribution in [2.75, 3.05) is 0 Å². The number of carbonyl (C=O) groups is 1. The number of hydrogen-bond donors (Lipinski definition) is 1. The highest BCUT2D eigenvalue weighted by molar-refractivity contribution is 6.03. The van der Waals surface area contributed by atoms with Crippen molar-refractivity contribution in [3.63, 3.8) is 0 Å². The lowest BCUT2D eigenvalue weighted by Gasteiger charge is -2.04. The van der Waals surface area contributed by atoms with Crippen LogP contribution in [-0.2, 0) is 0 Å². The van der Waals surface area contributed by atoms with Gasteiger partial charge in [-0.25, -0.2) is 0 Å². The molecular weight excluding hydrogens is 166 g/mol. The molecule has 0 atom stereocenters. The van der Waals surface area contributed by atoms with Crippen molar-refractivity contribution >= 4 is 16.9 Å². The second-order valence-electron chi connectivity index (χ2n) is 2.99. The Hall–Kier alpha value is -1.77. The molecule has 0 fully saturated rings. The van der Waals surface area contributed by atoms with Crippen LogP contribution in [0.5, 0.6) is 0 Å². The minimum Gasteiger partial charge on any atom is -0.545 e. The molecule has 1 aromatic heterocycles. The van der Waals surface area contributed by atoms with Gasteiger partial charge >= 0.3 is 0 Å². The summed E-state index contributed by atoms with van der Waals surface area (Å²) in [5.41, 5.74) is 2.00. The first-order valence-electron chi connectivity index (χ1n) is 3.98. The zero-order valence-electron chi connectivity index (χ0n) is 7.13. The smallest absolute Gasteiger partial charge is 0.0722 e. The first-order valence-corrected chi connectivity index (χ1v) is 3.98. The summed E-state index contributed by atoms with van der Waals surface area (Å²) in [4.78, 5) is 13.7. The van der Waals surface area contributed by atoms with Gasteiger partial charge in [0.1, 0.15) is 0 Å². The summed E-state index contributed by atoms with van der Waals surface area (Å²) in [5, 5.41) is 11.5. The molecule has 0 radical (unpaired) electrons. The highest BCUT2D eigenvalue weighted by Crippen LogP contribution is 2.21. The first kappa shape index (κ1) is 7.86. The van der Waals surface area contributed by atoms with E-state index in [0.717, 1.165) is 16.5 Å². The lowest BCUT2D eigenvalue weighted by Crippen LogP contribution is -2.22. The average molecular weight is 174 g/mol. The maximum absolute atomic E-state index is 10.7. The van der Waals surface area contributed by atoms with Gasteiger partial charge < -0.3 is 14.9 Å². The molecule has 0 aliphatic carbocycles. The predicted octanol–water partition coefficient (Wildman–Crippen LogP) is 0.840. The van der Waals surface area contributed by atoms with Gasteiger partial charge in [0.15, 0.2) is 0 Å². The topological polar surface area (TPSA) is 55.9 Å². The van der Waals surface area contributed by atoms with Crippen molar-refractivity contribution in [1.29, 1.82) is 0 Å². The number of aryl methyl sites for hydroxylation is 1. The molecule has 0 saturated carbocycles. The number of rotatable bonds is 1. The van der Waals surface area contributed by atoms with Crippen LogP contribution in [-0.4, -0.2) is 11.0 Å². The van der Waals surface area contributed by atoms with E-state index in [9.17, 15) is 9.90 Å². The van der Waals surface area contributed by atoms with Crippen molar-refractivity contribution < 1.29 is 9.90 Å². The Labute approximate surface area is 75.0 Å². The standard InChI is InChI=1S/C10H9NO2/c1-6-5-11-8-4-2-3-7(9(6)8)10(12)13/h2-5,11H,1H3,(H,12,13)/p-1. The Morgan fingerprint density at radius 2 is 2.23 bits per heavy atom. The van der Waals surface area contributed by atoms with Gasteiger partial charge in [-0.05, 0) is 18.6 Å². The number of hydrogen-bond acceptors (Lipinski definition) is 2. The SMILES string of the molecule is Cc1c[nH]c2cccc(C(=O)[O-])c12. The van der Waals surface area contributed by atoms with E-state index in [1.165, 1.54) is 0 Å². The second-order valence-corrected chi connectivity index (χ2v) is 2.99. The molecule has 0 unspecified atom stereocenters. The fraction of sp³-hybridized carbons (Fsp3) is 0.100. The number of aromatic carboxylic acids is 1. The first-order chi connectivity index (χ1) is 6.20. The van der Waals surface area contributed by atoms with Crippen LogP contribution in [0.15, 0.2) is 24.4 Å². The van der Waals surface area contributed by atoms with E-state index in [1.807, 2.05) is 13.0 Å². The maximum Gasteiger partial charge on any atom is 0.0722 e. The third kappa shape index (κ3) is 1.09. The van der Waals surface area contributed by atoms with E-state index in [4.69, 9.17) is 0 Å². The largest absolute Gasteiger partial charge is 0.545 e. The number of carbonyl (C=O) groups excluding carboxylic acids is 1. The van der Waals surface area contributed by atoms with Crippen LogP contribution >= 0.6 is 0 Å². The molecule has 0 saturated heterocycles. The number of aromatic nitrogens is 1. The van der Waals surface area contributed by atoms with E-state index in [0.29, 0.717) is 0 Å². The van der Waals surface area contributed by atoms with Crippen molar-refractivity contribution in [2.24, 2.45) is 0 Å². The van der Waals surface area contributed by atoms with Gasteiger partial charge in [-0.3, -0.25) is 0 Å². The second kappa shape index (κ2) is 2.62.